The van der Waals surface area contributed by atoms with Gasteiger partial charge in [0, 0.05) is 50.1 Å². The Morgan fingerprint density at radius 1 is 1.04 bits per heavy atom. The Kier molecular flexibility index (Phi) is 5.72. The summed E-state index contributed by atoms with van der Waals surface area (Å²) >= 11 is 0. The predicted octanol–water partition coefficient (Wildman–Crippen LogP) is 1.69. The summed E-state index contributed by atoms with van der Waals surface area (Å²) < 4.78 is 0. The standard InChI is InChI=1S/C19H22N4O2/c24-18(22-12-7-16-5-1-3-10-20-16)15-8-13-23(14-9-15)19(25)17-6-2-4-11-21-17/h1-6,10-11,15H,7-9,12-14H2,(H,22,24). The maximum Gasteiger partial charge on any atom is 0.272 e. The van der Waals surface area contributed by atoms with E-state index in [1.165, 1.54) is 0 Å². The van der Waals surface area contributed by atoms with Crippen LogP contribution in [0.25, 0.3) is 0 Å². The summed E-state index contributed by atoms with van der Waals surface area (Å²) in [6.45, 7) is 1.77. The number of carbonyl (C=O) groups is 2. The molecule has 2 amide bonds. The second-order valence-electron chi connectivity index (χ2n) is 6.14. The maximum atomic E-state index is 12.4. The minimum atomic E-state index is -0.0605. The molecule has 6 nitrogen and oxygen atoms in total. The number of amides is 2. The van der Waals surface area contributed by atoms with Crippen LogP contribution in [-0.4, -0.2) is 46.3 Å². The third kappa shape index (κ3) is 4.62. The van der Waals surface area contributed by atoms with Gasteiger partial charge in [-0.05, 0) is 37.1 Å². The van der Waals surface area contributed by atoms with Crippen molar-refractivity contribution >= 4 is 11.8 Å². The molecule has 0 saturated carbocycles. The zero-order chi connectivity index (χ0) is 17.5. The first-order valence-electron chi connectivity index (χ1n) is 8.62. The molecule has 0 radical (unpaired) electrons. The van der Waals surface area contributed by atoms with Gasteiger partial charge in [-0.2, -0.15) is 0 Å². The summed E-state index contributed by atoms with van der Waals surface area (Å²) in [5.74, 6) is -0.0213. The zero-order valence-electron chi connectivity index (χ0n) is 14.1. The van der Waals surface area contributed by atoms with Gasteiger partial charge in [0.2, 0.25) is 5.91 Å². The highest BCUT2D eigenvalue weighted by Gasteiger charge is 2.27. The van der Waals surface area contributed by atoms with Crippen LogP contribution in [-0.2, 0) is 11.2 Å². The summed E-state index contributed by atoms with van der Waals surface area (Å²) in [6, 6.07) is 11.1. The number of carbonyl (C=O) groups excluding carboxylic acids is 2. The summed E-state index contributed by atoms with van der Waals surface area (Å²) in [7, 11) is 0. The highest BCUT2D eigenvalue weighted by Crippen LogP contribution is 2.18. The quantitative estimate of drug-likeness (QED) is 0.900. The number of piperidine rings is 1. The monoisotopic (exact) mass is 338 g/mol. The molecule has 130 valence electrons. The van der Waals surface area contributed by atoms with E-state index in [2.05, 4.69) is 15.3 Å². The summed E-state index contributed by atoms with van der Waals surface area (Å²) in [6.07, 6.45) is 5.48. The van der Waals surface area contributed by atoms with Crippen LogP contribution in [0.3, 0.4) is 0 Å². The summed E-state index contributed by atoms with van der Waals surface area (Å²) in [5, 5.41) is 2.98. The van der Waals surface area contributed by atoms with Gasteiger partial charge in [-0.25, -0.2) is 0 Å². The molecule has 1 N–H and O–H groups in total. The fraction of sp³-hybridized carbons (Fsp3) is 0.368. The highest BCUT2D eigenvalue weighted by molar-refractivity contribution is 5.92. The first kappa shape index (κ1) is 17.1. The minimum absolute atomic E-state index is 0.0310. The van der Waals surface area contributed by atoms with E-state index in [1.54, 1.807) is 29.4 Å². The van der Waals surface area contributed by atoms with Crippen LogP contribution in [0, 0.1) is 5.92 Å². The number of aromatic nitrogens is 2. The number of rotatable bonds is 5. The first-order chi connectivity index (χ1) is 12.2. The van der Waals surface area contributed by atoms with Crippen molar-refractivity contribution in [2.75, 3.05) is 19.6 Å². The van der Waals surface area contributed by atoms with E-state index in [4.69, 9.17) is 0 Å². The van der Waals surface area contributed by atoms with Crippen LogP contribution in [0.5, 0.6) is 0 Å². The smallest absolute Gasteiger partial charge is 0.272 e. The van der Waals surface area contributed by atoms with Crippen molar-refractivity contribution in [1.82, 2.24) is 20.2 Å². The average Bonchev–Trinajstić information content (AvgIpc) is 2.69. The van der Waals surface area contributed by atoms with E-state index in [9.17, 15) is 9.59 Å². The molecule has 1 saturated heterocycles. The van der Waals surface area contributed by atoms with Crippen molar-refractivity contribution in [3.63, 3.8) is 0 Å². The van der Waals surface area contributed by atoms with Crippen LogP contribution in [0.2, 0.25) is 0 Å². The van der Waals surface area contributed by atoms with E-state index in [1.807, 2.05) is 24.3 Å². The van der Waals surface area contributed by atoms with Gasteiger partial charge in [-0.1, -0.05) is 12.1 Å². The van der Waals surface area contributed by atoms with E-state index < -0.39 is 0 Å². The number of nitrogens with one attached hydrogen (secondary N) is 1. The molecule has 0 unspecified atom stereocenters. The van der Waals surface area contributed by atoms with Gasteiger partial charge in [-0.15, -0.1) is 0 Å². The molecule has 1 fully saturated rings. The highest BCUT2D eigenvalue weighted by atomic mass is 16.2. The Hall–Kier alpha value is -2.76. The molecular weight excluding hydrogens is 316 g/mol. The second-order valence-corrected chi connectivity index (χ2v) is 6.14. The third-order valence-corrected chi connectivity index (χ3v) is 4.44. The van der Waals surface area contributed by atoms with Gasteiger partial charge < -0.3 is 10.2 Å². The van der Waals surface area contributed by atoms with Gasteiger partial charge in [-0.3, -0.25) is 19.6 Å². The van der Waals surface area contributed by atoms with E-state index in [0.29, 0.717) is 38.2 Å². The summed E-state index contributed by atoms with van der Waals surface area (Å²) in [4.78, 5) is 34.8. The van der Waals surface area contributed by atoms with Gasteiger partial charge in [0.25, 0.3) is 5.91 Å². The number of likely N-dealkylation sites (tertiary alicyclic amines) is 1. The van der Waals surface area contributed by atoms with Gasteiger partial charge in [0.15, 0.2) is 0 Å². The van der Waals surface area contributed by atoms with Crippen molar-refractivity contribution < 1.29 is 9.59 Å². The first-order valence-corrected chi connectivity index (χ1v) is 8.62. The van der Waals surface area contributed by atoms with Crippen molar-refractivity contribution in [3.05, 3.63) is 60.2 Å². The van der Waals surface area contributed by atoms with E-state index in [0.717, 1.165) is 12.1 Å². The molecule has 25 heavy (non-hydrogen) atoms. The van der Waals surface area contributed by atoms with Gasteiger partial charge in [0.1, 0.15) is 5.69 Å². The predicted molar refractivity (Wildman–Crippen MR) is 93.8 cm³/mol. The fourth-order valence-electron chi connectivity index (χ4n) is 3.00. The lowest BCUT2D eigenvalue weighted by molar-refractivity contribution is -0.126. The molecule has 0 aliphatic carbocycles. The van der Waals surface area contributed by atoms with Crippen LogP contribution < -0.4 is 5.32 Å². The zero-order valence-corrected chi connectivity index (χ0v) is 14.1. The number of nitrogens with zero attached hydrogens (tertiary/aromatic N) is 3. The lowest BCUT2D eigenvalue weighted by atomic mass is 9.95. The topological polar surface area (TPSA) is 75.2 Å². The van der Waals surface area contributed by atoms with Crippen molar-refractivity contribution in [3.8, 4) is 0 Å². The van der Waals surface area contributed by atoms with Crippen molar-refractivity contribution in [2.24, 2.45) is 5.92 Å². The molecule has 0 spiro atoms. The molecular formula is C19H22N4O2. The Bertz CT molecular complexity index is 698. The Morgan fingerprint density at radius 3 is 2.40 bits per heavy atom. The number of hydrogen-bond acceptors (Lipinski definition) is 4. The maximum absolute atomic E-state index is 12.4. The lowest BCUT2D eigenvalue weighted by Gasteiger charge is -2.31. The molecule has 2 aromatic heterocycles. The molecule has 2 aromatic rings. The molecule has 1 aliphatic rings. The van der Waals surface area contributed by atoms with Crippen LogP contribution in [0.15, 0.2) is 48.8 Å². The Balaban J connectivity index is 1.42. The van der Waals surface area contributed by atoms with E-state index in [-0.39, 0.29) is 17.7 Å². The third-order valence-electron chi connectivity index (χ3n) is 4.44. The molecule has 1 aliphatic heterocycles. The van der Waals surface area contributed by atoms with Crippen molar-refractivity contribution in [2.45, 2.75) is 19.3 Å². The normalized spacial score (nSPS) is 15.0. The number of hydrogen-bond donors (Lipinski definition) is 1. The molecule has 3 rings (SSSR count). The SMILES string of the molecule is O=C(NCCc1ccccn1)C1CCN(C(=O)c2ccccn2)CC1. The van der Waals surface area contributed by atoms with E-state index >= 15 is 0 Å². The molecule has 3 heterocycles. The molecule has 0 aromatic carbocycles. The van der Waals surface area contributed by atoms with Crippen LogP contribution in [0.1, 0.15) is 29.0 Å². The largest absolute Gasteiger partial charge is 0.355 e. The Labute approximate surface area is 147 Å². The molecule has 0 atom stereocenters. The second kappa shape index (κ2) is 8.37. The molecule has 0 bridgehead atoms. The van der Waals surface area contributed by atoms with Crippen LogP contribution in [0.4, 0.5) is 0 Å². The van der Waals surface area contributed by atoms with Gasteiger partial charge in [0.05, 0.1) is 0 Å². The van der Waals surface area contributed by atoms with Gasteiger partial charge >= 0.3 is 0 Å². The Morgan fingerprint density at radius 2 is 1.76 bits per heavy atom. The number of pyridine rings is 2. The minimum Gasteiger partial charge on any atom is -0.355 e. The van der Waals surface area contributed by atoms with Crippen LogP contribution >= 0.6 is 0 Å². The lowest BCUT2D eigenvalue weighted by Crippen LogP contribution is -2.43. The summed E-state index contributed by atoms with van der Waals surface area (Å²) in [5.41, 5.74) is 1.43. The fourth-order valence-corrected chi connectivity index (χ4v) is 3.00. The average molecular weight is 338 g/mol. The molecule has 6 heteroatoms. The van der Waals surface area contributed by atoms with Crippen molar-refractivity contribution in [1.29, 1.82) is 0 Å².